The van der Waals surface area contributed by atoms with Crippen LogP contribution in [-0.4, -0.2) is 5.91 Å². The molecule has 0 saturated heterocycles. The second-order valence-electron chi connectivity index (χ2n) is 5.49. The fraction of sp³-hybridized carbons (Fsp3) is 0.0952. The SMILES string of the molecule is O=C(CCc1ccco1)Nc1ccc(/C=C/c2ccccc2)cc1. The van der Waals surface area contributed by atoms with Crippen molar-refractivity contribution in [1.82, 2.24) is 0 Å². The van der Waals surface area contributed by atoms with Crippen molar-refractivity contribution in [3.63, 3.8) is 0 Å². The minimum absolute atomic E-state index is 0.0148. The highest BCUT2D eigenvalue weighted by Crippen LogP contribution is 2.13. The minimum atomic E-state index is -0.0148. The summed E-state index contributed by atoms with van der Waals surface area (Å²) in [7, 11) is 0. The molecule has 120 valence electrons. The Kier molecular flexibility index (Phi) is 5.25. The summed E-state index contributed by atoms with van der Waals surface area (Å²) in [6, 6.07) is 21.7. The Morgan fingerprint density at radius 3 is 2.25 bits per heavy atom. The lowest BCUT2D eigenvalue weighted by atomic mass is 10.1. The second-order valence-corrected chi connectivity index (χ2v) is 5.49. The molecular formula is C21H19NO2. The zero-order valence-electron chi connectivity index (χ0n) is 13.3. The van der Waals surface area contributed by atoms with E-state index in [1.54, 1.807) is 6.26 Å². The van der Waals surface area contributed by atoms with Gasteiger partial charge < -0.3 is 9.73 Å². The zero-order chi connectivity index (χ0) is 16.6. The molecule has 3 heteroatoms. The fourth-order valence-electron chi connectivity index (χ4n) is 2.35. The van der Waals surface area contributed by atoms with Gasteiger partial charge in [-0.25, -0.2) is 0 Å². The lowest BCUT2D eigenvalue weighted by molar-refractivity contribution is -0.116. The summed E-state index contributed by atoms with van der Waals surface area (Å²) in [6.07, 6.45) is 6.75. The molecule has 1 heterocycles. The number of aryl methyl sites for hydroxylation is 1. The van der Waals surface area contributed by atoms with E-state index in [0.29, 0.717) is 12.8 Å². The van der Waals surface area contributed by atoms with Crippen molar-refractivity contribution in [2.24, 2.45) is 0 Å². The monoisotopic (exact) mass is 317 g/mol. The van der Waals surface area contributed by atoms with Gasteiger partial charge in [-0.05, 0) is 35.4 Å². The number of carbonyl (C=O) groups is 1. The Labute approximate surface area is 141 Å². The average Bonchev–Trinajstić information content (AvgIpc) is 3.14. The van der Waals surface area contributed by atoms with Gasteiger partial charge in [-0.15, -0.1) is 0 Å². The second kappa shape index (κ2) is 7.97. The number of hydrogen-bond acceptors (Lipinski definition) is 2. The molecule has 0 unspecified atom stereocenters. The first kappa shape index (κ1) is 15.8. The maximum atomic E-state index is 11.9. The van der Waals surface area contributed by atoms with Crippen LogP contribution < -0.4 is 5.32 Å². The molecule has 0 atom stereocenters. The molecule has 0 aliphatic rings. The van der Waals surface area contributed by atoms with Crippen molar-refractivity contribution >= 4 is 23.7 Å². The van der Waals surface area contributed by atoms with Crippen LogP contribution in [0.2, 0.25) is 0 Å². The molecule has 3 aromatic rings. The van der Waals surface area contributed by atoms with E-state index in [0.717, 1.165) is 22.6 Å². The lowest BCUT2D eigenvalue weighted by Crippen LogP contribution is -2.12. The maximum absolute atomic E-state index is 11.9. The summed E-state index contributed by atoms with van der Waals surface area (Å²) in [5, 5.41) is 2.90. The van der Waals surface area contributed by atoms with Crippen LogP contribution in [0.1, 0.15) is 23.3 Å². The van der Waals surface area contributed by atoms with Gasteiger partial charge in [-0.2, -0.15) is 0 Å². The van der Waals surface area contributed by atoms with Crippen LogP contribution in [0.3, 0.4) is 0 Å². The summed E-state index contributed by atoms with van der Waals surface area (Å²) >= 11 is 0. The van der Waals surface area contributed by atoms with Crippen molar-refractivity contribution < 1.29 is 9.21 Å². The predicted octanol–water partition coefficient (Wildman–Crippen LogP) is 5.02. The predicted molar refractivity (Wildman–Crippen MR) is 97.5 cm³/mol. The highest BCUT2D eigenvalue weighted by Gasteiger charge is 2.04. The fourth-order valence-corrected chi connectivity index (χ4v) is 2.35. The van der Waals surface area contributed by atoms with E-state index >= 15 is 0 Å². The summed E-state index contributed by atoms with van der Waals surface area (Å²) in [6.45, 7) is 0. The van der Waals surface area contributed by atoms with Crippen molar-refractivity contribution in [1.29, 1.82) is 0 Å². The maximum Gasteiger partial charge on any atom is 0.224 e. The number of carbonyl (C=O) groups excluding carboxylic acids is 1. The Bertz CT molecular complexity index is 788. The summed E-state index contributed by atoms with van der Waals surface area (Å²) < 4.78 is 5.23. The molecule has 1 amide bonds. The number of amides is 1. The molecule has 3 rings (SSSR count). The number of benzene rings is 2. The summed E-state index contributed by atoms with van der Waals surface area (Å²) in [5.41, 5.74) is 3.05. The Morgan fingerprint density at radius 1 is 0.875 bits per heavy atom. The van der Waals surface area contributed by atoms with E-state index in [-0.39, 0.29) is 5.91 Å². The molecule has 24 heavy (non-hydrogen) atoms. The number of furan rings is 1. The zero-order valence-corrected chi connectivity index (χ0v) is 13.3. The first-order valence-electron chi connectivity index (χ1n) is 7.95. The third-order valence-corrected chi connectivity index (χ3v) is 3.64. The highest BCUT2D eigenvalue weighted by atomic mass is 16.3. The van der Waals surface area contributed by atoms with E-state index < -0.39 is 0 Å². The van der Waals surface area contributed by atoms with Gasteiger partial charge in [-0.3, -0.25) is 4.79 Å². The Morgan fingerprint density at radius 2 is 1.58 bits per heavy atom. The highest BCUT2D eigenvalue weighted by molar-refractivity contribution is 5.91. The lowest BCUT2D eigenvalue weighted by Gasteiger charge is -2.05. The van der Waals surface area contributed by atoms with Gasteiger partial charge >= 0.3 is 0 Å². The Hall–Kier alpha value is -3.07. The smallest absolute Gasteiger partial charge is 0.224 e. The van der Waals surface area contributed by atoms with E-state index in [1.165, 1.54) is 0 Å². The van der Waals surface area contributed by atoms with Gasteiger partial charge in [0.25, 0.3) is 0 Å². The molecule has 2 aromatic carbocycles. The van der Waals surface area contributed by atoms with Crippen molar-refractivity contribution in [3.8, 4) is 0 Å². The molecule has 3 nitrogen and oxygen atoms in total. The van der Waals surface area contributed by atoms with Crippen molar-refractivity contribution in [2.75, 3.05) is 5.32 Å². The van der Waals surface area contributed by atoms with Gasteiger partial charge in [0.2, 0.25) is 5.91 Å². The van der Waals surface area contributed by atoms with Crippen LogP contribution in [0.5, 0.6) is 0 Å². The Balaban J connectivity index is 1.52. The number of anilines is 1. The topological polar surface area (TPSA) is 42.2 Å². The average molecular weight is 317 g/mol. The van der Waals surface area contributed by atoms with Gasteiger partial charge in [0.1, 0.15) is 5.76 Å². The van der Waals surface area contributed by atoms with Crippen LogP contribution >= 0.6 is 0 Å². The largest absolute Gasteiger partial charge is 0.469 e. The molecule has 1 N–H and O–H groups in total. The molecule has 0 spiro atoms. The third-order valence-electron chi connectivity index (χ3n) is 3.64. The van der Waals surface area contributed by atoms with Crippen LogP contribution in [0, 0.1) is 0 Å². The minimum Gasteiger partial charge on any atom is -0.469 e. The van der Waals surface area contributed by atoms with E-state index in [9.17, 15) is 4.79 Å². The van der Waals surface area contributed by atoms with Gasteiger partial charge in [0.15, 0.2) is 0 Å². The molecule has 0 bridgehead atoms. The summed E-state index contributed by atoms with van der Waals surface area (Å²) in [5.74, 6) is 0.811. The van der Waals surface area contributed by atoms with Crippen LogP contribution in [0.15, 0.2) is 77.4 Å². The number of nitrogens with one attached hydrogen (secondary N) is 1. The molecule has 0 fully saturated rings. The van der Waals surface area contributed by atoms with Crippen LogP contribution in [-0.2, 0) is 11.2 Å². The first-order chi connectivity index (χ1) is 11.8. The van der Waals surface area contributed by atoms with Crippen molar-refractivity contribution in [2.45, 2.75) is 12.8 Å². The number of rotatable bonds is 6. The first-order valence-corrected chi connectivity index (χ1v) is 7.95. The quantitative estimate of drug-likeness (QED) is 0.649. The molecular weight excluding hydrogens is 298 g/mol. The molecule has 0 saturated carbocycles. The molecule has 0 radical (unpaired) electrons. The van der Waals surface area contributed by atoms with Crippen molar-refractivity contribution in [3.05, 3.63) is 89.9 Å². The van der Waals surface area contributed by atoms with Crippen LogP contribution in [0.4, 0.5) is 5.69 Å². The number of hydrogen-bond donors (Lipinski definition) is 1. The normalized spacial score (nSPS) is 10.8. The molecule has 1 aromatic heterocycles. The molecule has 0 aliphatic heterocycles. The standard InChI is InChI=1S/C21H19NO2/c23-21(15-14-20-7-4-16-24-20)22-19-12-10-18(11-13-19)9-8-17-5-2-1-3-6-17/h1-13,16H,14-15H2,(H,22,23)/b9-8+. The van der Waals surface area contributed by atoms with Gasteiger partial charge in [0, 0.05) is 18.5 Å². The van der Waals surface area contributed by atoms with E-state index in [4.69, 9.17) is 4.42 Å². The van der Waals surface area contributed by atoms with Crippen LogP contribution in [0.25, 0.3) is 12.2 Å². The van der Waals surface area contributed by atoms with Gasteiger partial charge in [-0.1, -0.05) is 54.6 Å². The van der Waals surface area contributed by atoms with Gasteiger partial charge in [0.05, 0.1) is 6.26 Å². The summed E-state index contributed by atoms with van der Waals surface area (Å²) in [4.78, 5) is 11.9. The molecule has 0 aliphatic carbocycles. The van der Waals surface area contributed by atoms with E-state index in [2.05, 4.69) is 29.6 Å². The van der Waals surface area contributed by atoms with E-state index in [1.807, 2.05) is 54.6 Å². The third kappa shape index (κ3) is 4.71.